The number of halogens is 1. The molecule has 0 aliphatic rings. The number of carboxylic acid groups (broad SMARTS) is 1. The Morgan fingerprint density at radius 2 is 1.90 bits per heavy atom. The molecule has 0 saturated heterocycles. The Morgan fingerprint density at radius 1 is 1.14 bits per heavy atom. The molecule has 1 aromatic carbocycles. The van der Waals surface area contributed by atoms with Crippen molar-refractivity contribution in [2.45, 2.75) is 0 Å². The van der Waals surface area contributed by atoms with Crippen LogP contribution in [0.15, 0.2) is 48.7 Å². The van der Waals surface area contributed by atoms with Crippen LogP contribution in [0.3, 0.4) is 0 Å². The number of hydrogen-bond donors (Lipinski definition) is 1. The van der Waals surface area contributed by atoms with Gasteiger partial charge in [0.1, 0.15) is 10.7 Å². The van der Waals surface area contributed by atoms with Crippen molar-refractivity contribution in [3.63, 3.8) is 0 Å². The molecule has 3 rings (SSSR count). The first-order valence-electron chi connectivity index (χ1n) is 6.07. The van der Waals surface area contributed by atoms with Gasteiger partial charge in [-0.1, -0.05) is 30.3 Å². The first-order valence-corrected chi connectivity index (χ1v) is 6.89. The van der Waals surface area contributed by atoms with Crippen molar-refractivity contribution >= 4 is 17.3 Å². The number of nitrogens with zero attached hydrogens (tertiary/aromatic N) is 2. The summed E-state index contributed by atoms with van der Waals surface area (Å²) in [5.41, 5.74) is 0.702. The first-order chi connectivity index (χ1) is 10.2. The monoisotopic (exact) mass is 300 g/mol. The van der Waals surface area contributed by atoms with Crippen molar-refractivity contribution in [1.82, 2.24) is 9.97 Å². The lowest BCUT2D eigenvalue weighted by Gasteiger charge is -1.97. The molecule has 0 atom stereocenters. The summed E-state index contributed by atoms with van der Waals surface area (Å²) in [7, 11) is 0. The van der Waals surface area contributed by atoms with Gasteiger partial charge in [0.05, 0.1) is 4.88 Å². The average molecular weight is 300 g/mol. The van der Waals surface area contributed by atoms with E-state index in [2.05, 4.69) is 9.97 Å². The summed E-state index contributed by atoms with van der Waals surface area (Å²) >= 11 is 1.11. The van der Waals surface area contributed by atoms with Gasteiger partial charge in [-0.3, -0.25) is 4.98 Å². The van der Waals surface area contributed by atoms with Crippen molar-refractivity contribution in [2.75, 3.05) is 0 Å². The number of aromatic nitrogens is 2. The van der Waals surface area contributed by atoms with Crippen LogP contribution in [0.5, 0.6) is 0 Å². The molecule has 21 heavy (non-hydrogen) atoms. The minimum absolute atomic E-state index is 0.0622. The molecule has 0 radical (unpaired) electrons. The van der Waals surface area contributed by atoms with E-state index in [9.17, 15) is 14.3 Å². The number of hydrogen-bond acceptors (Lipinski definition) is 4. The summed E-state index contributed by atoms with van der Waals surface area (Å²) in [5.74, 6) is -1.67. The van der Waals surface area contributed by atoms with E-state index in [1.165, 1.54) is 18.3 Å². The standard InChI is InChI=1S/C15H9FN2O2S/c16-10-7-4-8-17-11(10)14-18-12(15(19)20)13(21-14)9-5-2-1-3-6-9/h1-8H,(H,19,20). The molecule has 104 valence electrons. The van der Waals surface area contributed by atoms with E-state index in [1.807, 2.05) is 18.2 Å². The smallest absolute Gasteiger partial charge is 0.356 e. The molecule has 0 fully saturated rings. The number of benzene rings is 1. The molecule has 0 amide bonds. The summed E-state index contributed by atoms with van der Waals surface area (Å²) in [6.45, 7) is 0. The fraction of sp³-hybridized carbons (Fsp3) is 0. The minimum Gasteiger partial charge on any atom is -0.476 e. The van der Waals surface area contributed by atoms with Gasteiger partial charge in [-0.25, -0.2) is 14.2 Å². The molecule has 0 saturated carbocycles. The predicted octanol–water partition coefficient (Wildman–Crippen LogP) is 3.71. The molecular weight excluding hydrogens is 291 g/mol. The number of aromatic carboxylic acids is 1. The van der Waals surface area contributed by atoms with E-state index in [0.29, 0.717) is 4.88 Å². The highest BCUT2D eigenvalue weighted by molar-refractivity contribution is 7.18. The van der Waals surface area contributed by atoms with Gasteiger partial charge in [0, 0.05) is 6.20 Å². The third-order valence-corrected chi connectivity index (χ3v) is 3.94. The quantitative estimate of drug-likeness (QED) is 0.801. The zero-order valence-electron chi connectivity index (χ0n) is 10.7. The van der Waals surface area contributed by atoms with Crippen LogP contribution in [0.25, 0.3) is 21.1 Å². The van der Waals surface area contributed by atoms with Crippen molar-refractivity contribution < 1.29 is 14.3 Å². The molecule has 0 aliphatic heterocycles. The summed E-state index contributed by atoms with van der Waals surface area (Å²) in [4.78, 5) is 19.8. The van der Waals surface area contributed by atoms with Gasteiger partial charge < -0.3 is 5.11 Å². The Kier molecular flexibility index (Phi) is 3.45. The lowest BCUT2D eigenvalue weighted by Crippen LogP contribution is -1.99. The van der Waals surface area contributed by atoms with E-state index in [1.54, 1.807) is 12.1 Å². The molecule has 4 nitrogen and oxygen atoms in total. The summed E-state index contributed by atoms with van der Waals surface area (Å²) in [6, 6.07) is 11.8. The highest BCUT2D eigenvalue weighted by Crippen LogP contribution is 2.35. The fourth-order valence-corrected chi connectivity index (χ4v) is 2.96. The van der Waals surface area contributed by atoms with E-state index >= 15 is 0 Å². The molecule has 0 aliphatic carbocycles. The number of rotatable bonds is 3. The number of thiazole rings is 1. The molecule has 0 spiro atoms. The fourth-order valence-electron chi connectivity index (χ4n) is 1.89. The zero-order chi connectivity index (χ0) is 14.8. The Bertz CT molecular complexity index is 802. The van der Waals surface area contributed by atoms with Crippen LogP contribution in [0, 0.1) is 5.82 Å². The van der Waals surface area contributed by atoms with Crippen LogP contribution in [0.1, 0.15) is 10.5 Å². The van der Waals surface area contributed by atoms with Gasteiger partial charge in [0.2, 0.25) is 0 Å². The van der Waals surface area contributed by atoms with Crippen LogP contribution in [-0.4, -0.2) is 21.0 Å². The summed E-state index contributed by atoms with van der Waals surface area (Å²) < 4.78 is 13.8. The maximum absolute atomic E-state index is 13.8. The van der Waals surface area contributed by atoms with Gasteiger partial charge in [-0.2, -0.15) is 0 Å². The maximum atomic E-state index is 13.8. The molecule has 0 unspecified atom stereocenters. The normalized spacial score (nSPS) is 10.5. The minimum atomic E-state index is -1.15. The largest absolute Gasteiger partial charge is 0.476 e. The maximum Gasteiger partial charge on any atom is 0.356 e. The summed E-state index contributed by atoms with van der Waals surface area (Å²) in [5, 5.41) is 9.54. The topological polar surface area (TPSA) is 63.1 Å². The van der Waals surface area contributed by atoms with E-state index in [-0.39, 0.29) is 16.4 Å². The van der Waals surface area contributed by atoms with E-state index in [4.69, 9.17) is 0 Å². The van der Waals surface area contributed by atoms with Crippen molar-refractivity contribution in [1.29, 1.82) is 0 Å². The Hall–Kier alpha value is -2.60. The molecule has 0 bridgehead atoms. The van der Waals surface area contributed by atoms with Crippen LogP contribution < -0.4 is 0 Å². The molecule has 2 heterocycles. The Balaban J connectivity index is 2.18. The van der Waals surface area contributed by atoms with Crippen LogP contribution >= 0.6 is 11.3 Å². The van der Waals surface area contributed by atoms with Crippen molar-refractivity contribution in [3.05, 3.63) is 60.2 Å². The highest BCUT2D eigenvalue weighted by Gasteiger charge is 2.21. The van der Waals surface area contributed by atoms with Gasteiger partial charge in [0.25, 0.3) is 0 Å². The second-order valence-corrected chi connectivity index (χ2v) is 5.20. The highest BCUT2D eigenvalue weighted by atomic mass is 32.1. The first kappa shape index (κ1) is 13.4. The molecule has 3 aromatic rings. The Labute approximate surface area is 123 Å². The third kappa shape index (κ3) is 2.53. The van der Waals surface area contributed by atoms with Gasteiger partial charge in [0.15, 0.2) is 11.5 Å². The Morgan fingerprint density at radius 3 is 2.57 bits per heavy atom. The molecular formula is C15H9FN2O2S. The second-order valence-electron chi connectivity index (χ2n) is 4.20. The lowest BCUT2D eigenvalue weighted by molar-refractivity contribution is 0.0692. The SMILES string of the molecule is O=C(O)c1nc(-c2ncccc2F)sc1-c1ccccc1. The van der Waals surface area contributed by atoms with Crippen molar-refractivity contribution in [3.8, 4) is 21.1 Å². The van der Waals surface area contributed by atoms with Gasteiger partial charge in [-0.05, 0) is 17.7 Å². The zero-order valence-corrected chi connectivity index (χ0v) is 11.5. The van der Waals surface area contributed by atoms with Crippen LogP contribution in [0.4, 0.5) is 4.39 Å². The van der Waals surface area contributed by atoms with E-state index in [0.717, 1.165) is 16.9 Å². The number of carboxylic acids is 1. The van der Waals surface area contributed by atoms with E-state index < -0.39 is 11.8 Å². The number of pyridine rings is 1. The molecule has 1 N–H and O–H groups in total. The van der Waals surface area contributed by atoms with Crippen LogP contribution in [0.2, 0.25) is 0 Å². The average Bonchev–Trinajstić information content (AvgIpc) is 2.94. The van der Waals surface area contributed by atoms with Crippen LogP contribution in [-0.2, 0) is 0 Å². The van der Waals surface area contributed by atoms with Crippen molar-refractivity contribution in [2.24, 2.45) is 0 Å². The third-order valence-electron chi connectivity index (χ3n) is 2.83. The molecule has 2 aromatic heterocycles. The van der Waals surface area contributed by atoms with Gasteiger partial charge >= 0.3 is 5.97 Å². The lowest BCUT2D eigenvalue weighted by atomic mass is 10.1. The predicted molar refractivity (Wildman–Crippen MR) is 77.7 cm³/mol. The second kappa shape index (κ2) is 5.41. The van der Waals surface area contributed by atoms with Gasteiger partial charge in [-0.15, -0.1) is 11.3 Å². The summed E-state index contributed by atoms with van der Waals surface area (Å²) in [6.07, 6.45) is 1.45. The molecule has 6 heteroatoms. The number of carbonyl (C=O) groups is 1.